The first-order valence-electron chi connectivity index (χ1n) is 8.24. The molecule has 1 atom stereocenters. The number of piperazine rings is 1. The van der Waals surface area contributed by atoms with Crippen molar-refractivity contribution in [1.82, 2.24) is 14.8 Å². The van der Waals surface area contributed by atoms with E-state index in [2.05, 4.69) is 15.3 Å². The van der Waals surface area contributed by atoms with Gasteiger partial charge in [0.25, 0.3) is 0 Å². The summed E-state index contributed by atoms with van der Waals surface area (Å²) in [7, 11) is 0. The number of halogens is 3. The largest absolute Gasteiger partial charge is 0.338 e. The molecule has 1 amide bonds. The van der Waals surface area contributed by atoms with Crippen molar-refractivity contribution in [2.75, 3.05) is 26.2 Å². The molecule has 0 aliphatic carbocycles. The summed E-state index contributed by atoms with van der Waals surface area (Å²) in [6.45, 7) is 7.81. The van der Waals surface area contributed by atoms with E-state index in [1.165, 1.54) is 0 Å². The maximum Gasteiger partial charge on any atom is 0.247 e. The lowest BCUT2D eigenvalue weighted by Gasteiger charge is -2.38. The Morgan fingerprint density at radius 1 is 1.15 bits per heavy atom. The Bertz CT molecular complexity index is 704. The van der Waals surface area contributed by atoms with Crippen LogP contribution in [0.15, 0.2) is 35.7 Å². The van der Waals surface area contributed by atoms with E-state index in [0.29, 0.717) is 13.1 Å². The molecule has 0 spiro atoms. The summed E-state index contributed by atoms with van der Waals surface area (Å²) in [5, 5.41) is 3.21. The number of carbonyl (C=O) groups excluding carboxylic acids is 1. The third-order valence-corrected chi connectivity index (χ3v) is 5.35. The van der Waals surface area contributed by atoms with Crippen molar-refractivity contribution in [3.63, 3.8) is 0 Å². The van der Waals surface area contributed by atoms with Crippen molar-refractivity contribution in [3.05, 3.63) is 52.0 Å². The Morgan fingerprint density at radius 3 is 2.26 bits per heavy atom. The highest BCUT2D eigenvalue weighted by Crippen LogP contribution is 2.21. The minimum atomic E-state index is -0.977. The third kappa shape index (κ3) is 6.31. The first-order chi connectivity index (χ1) is 11.5. The van der Waals surface area contributed by atoms with Gasteiger partial charge in [0, 0.05) is 38.1 Å². The highest BCUT2D eigenvalue weighted by molar-refractivity contribution is 7.09. The van der Waals surface area contributed by atoms with E-state index < -0.39 is 5.54 Å². The van der Waals surface area contributed by atoms with Gasteiger partial charge in [-0.15, -0.1) is 48.6 Å². The Morgan fingerprint density at radius 2 is 1.74 bits per heavy atom. The van der Waals surface area contributed by atoms with Crippen LogP contribution in [-0.4, -0.2) is 46.9 Å². The van der Waals surface area contributed by atoms with E-state index in [4.69, 9.17) is 5.73 Å². The molecule has 27 heavy (non-hydrogen) atoms. The molecule has 5 nitrogen and oxygen atoms in total. The van der Waals surface area contributed by atoms with E-state index in [1.807, 2.05) is 42.2 Å². The van der Waals surface area contributed by atoms with Gasteiger partial charge in [-0.25, -0.2) is 4.98 Å². The van der Waals surface area contributed by atoms with Crippen LogP contribution < -0.4 is 5.73 Å². The molecule has 0 bridgehead atoms. The standard InChI is InChI=1S/C18H24N4OS.3ClH/c1-14-20-16(13-24-14)12-21-8-10-22(11-9-21)17(23)18(2,19)15-6-4-3-5-7-15;;;/h3-7,13H,8-12,19H2,1-2H3;3*1H. The maximum atomic E-state index is 12.9. The summed E-state index contributed by atoms with van der Waals surface area (Å²) < 4.78 is 0. The molecule has 1 aromatic heterocycles. The third-order valence-electron chi connectivity index (χ3n) is 4.53. The fraction of sp³-hybridized carbons (Fsp3) is 0.444. The number of nitrogens with zero attached hydrogens (tertiary/aromatic N) is 3. The number of rotatable bonds is 4. The van der Waals surface area contributed by atoms with Crippen molar-refractivity contribution in [3.8, 4) is 0 Å². The number of benzene rings is 1. The summed E-state index contributed by atoms with van der Waals surface area (Å²) in [6, 6.07) is 9.60. The number of nitrogens with two attached hydrogens (primary N) is 1. The Kier molecular flexibility index (Phi) is 10.8. The van der Waals surface area contributed by atoms with Gasteiger partial charge in [0.2, 0.25) is 5.91 Å². The van der Waals surface area contributed by atoms with Crippen molar-refractivity contribution >= 4 is 54.5 Å². The zero-order chi connectivity index (χ0) is 17.2. The lowest BCUT2D eigenvalue weighted by atomic mass is 9.91. The molecule has 2 heterocycles. The van der Waals surface area contributed by atoms with E-state index >= 15 is 0 Å². The van der Waals surface area contributed by atoms with Crippen LogP contribution in [0.25, 0.3) is 0 Å². The van der Waals surface area contributed by atoms with E-state index in [1.54, 1.807) is 18.3 Å². The van der Waals surface area contributed by atoms with Gasteiger partial charge < -0.3 is 10.6 Å². The Hall–Kier alpha value is -0.890. The lowest BCUT2D eigenvalue weighted by molar-refractivity contribution is -0.138. The minimum absolute atomic E-state index is 0. The minimum Gasteiger partial charge on any atom is -0.338 e. The van der Waals surface area contributed by atoms with E-state index in [-0.39, 0.29) is 43.1 Å². The first kappa shape index (κ1) is 26.1. The van der Waals surface area contributed by atoms with Gasteiger partial charge >= 0.3 is 0 Å². The fourth-order valence-electron chi connectivity index (χ4n) is 3.06. The Balaban J connectivity index is 0.00000225. The topological polar surface area (TPSA) is 62.5 Å². The second kappa shape index (κ2) is 11.2. The molecule has 1 aromatic carbocycles. The molecule has 1 saturated heterocycles. The molecule has 1 aliphatic rings. The van der Waals surface area contributed by atoms with Crippen molar-refractivity contribution in [2.45, 2.75) is 25.9 Å². The van der Waals surface area contributed by atoms with Gasteiger partial charge in [0.05, 0.1) is 10.7 Å². The highest BCUT2D eigenvalue weighted by Gasteiger charge is 2.35. The van der Waals surface area contributed by atoms with Crippen LogP contribution in [0.5, 0.6) is 0 Å². The predicted octanol–water partition coefficient (Wildman–Crippen LogP) is 3.24. The molecular formula is C18H27Cl3N4OS. The van der Waals surface area contributed by atoms with Crippen LogP contribution in [0.4, 0.5) is 0 Å². The van der Waals surface area contributed by atoms with Crippen LogP contribution >= 0.6 is 48.6 Å². The smallest absolute Gasteiger partial charge is 0.247 e. The lowest BCUT2D eigenvalue weighted by Crippen LogP contribution is -2.56. The summed E-state index contributed by atoms with van der Waals surface area (Å²) >= 11 is 1.68. The summed E-state index contributed by atoms with van der Waals surface area (Å²) in [5.41, 5.74) is 7.36. The molecular weight excluding hydrogens is 427 g/mol. The first-order valence-corrected chi connectivity index (χ1v) is 9.12. The molecule has 1 aliphatic heterocycles. The van der Waals surface area contributed by atoms with Gasteiger partial charge in [0.1, 0.15) is 5.54 Å². The SMILES string of the molecule is Cc1nc(CN2CCN(C(=O)C(C)(N)c3ccccc3)CC2)cs1.Cl.Cl.Cl. The molecule has 2 aromatic rings. The molecule has 1 unspecified atom stereocenters. The second-order valence-corrected chi connectivity index (χ2v) is 7.56. The molecule has 3 rings (SSSR count). The van der Waals surface area contributed by atoms with Crippen molar-refractivity contribution in [2.24, 2.45) is 5.73 Å². The summed E-state index contributed by atoms with van der Waals surface area (Å²) in [4.78, 5) is 21.6. The number of aryl methyl sites for hydroxylation is 1. The maximum absolute atomic E-state index is 12.9. The van der Waals surface area contributed by atoms with Crippen LogP contribution in [0.1, 0.15) is 23.2 Å². The van der Waals surface area contributed by atoms with Gasteiger partial charge in [-0.05, 0) is 19.4 Å². The van der Waals surface area contributed by atoms with Crippen molar-refractivity contribution in [1.29, 1.82) is 0 Å². The quantitative estimate of drug-likeness (QED) is 0.772. The van der Waals surface area contributed by atoms with E-state index in [9.17, 15) is 4.79 Å². The number of thiazole rings is 1. The average Bonchev–Trinajstić information content (AvgIpc) is 3.00. The summed E-state index contributed by atoms with van der Waals surface area (Å²) in [6.07, 6.45) is 0. The monoisotopic (exact) mass is 452 g/mol. The number of carbonyl (C=O) groups is 1. The van der Waals surface area contributed by atoms with Gasteiger partial charge in [0.15, 0.2) is 0 Å². The molecule has 0 saturated carbocycles. The number of hydrogen-bond donors (Lipinski definition) is 1. The van der Waals surface area contributed by atoms with Crippen LogP contribution in [0, 0.1) is 6.92 Å². The second-order valence-electron chi connectivity index (χ2n) is 6.49. The van der Waals surface area contributed by atoms with E-state index in [0.717, 1.165) is 35.9 Å². The predicted molar refractivity (Wildman–Crippen MR) is 118 cm³/mol. The highest BCUT2D eigenvalue weighted by atomic mass is 35.5. The van der Waals surface area contributed by atoms with Gasteiger partial charge in [-0.3, -0.25) is 9.69 Å². The number of aromatic nitrogens is 1. The van der Waals surface area contributed by atoms with Crippen LogP contribution in [-0.2, 0) is 16.9 Å². The fourth-order valence-corrected chi connectivity index (χ4v) is 3.66. The molecule has 1 fully saturated rings. The molecule has 2 N–H and O–H groups in total. The summed E-state index contributed by atoms with van der Waals surface area (Å²) in [5.74, 6) is -0.00199. The van der Waals surface area contributed by atoms with Gasteiger partial charge in [-0.1, -0.05) is 30.3 Å². The van der Waals surface area contributed by atoms with Crippen LogP contribution in [0.3, 0.4) is 0 Å². The molecule has 152 valence electrons. The number of hydrogen-bond acceptors (Lipinski definition) is 5. The molecule has 9 heteroatoms. The van der Waals surface area contributed by atoms with Crippen LogP contribution in [0.2, 0.25) is 0 Å². The average molecular weight is 454 g/mol. The Labute approximate surface area is 183 Å². The molecule has 0 radical (unpaired) electrons. The number of amides is 1. The normalized spacial score (nSPS) is 16.3. The zero-order valence-corrected chi connectivity index (χ0v) is 18.7. The zero-order valence-electron chi connectivity index (χ0n) is 15.5. The van der Waals surface area contributed by atoms with Gasteiger partial charge in [-0.2, -0.15) is 0 Å². The van der Waals surface area contributed by atoms with Crippen molar-refractivity contribution < 1.29 is 4.79 Å².